The van der Waals surface area contributed by atoms with Gasteiger partial charge in [-0.25, -0.2) is 4.98 Å². The van der Waals surface area contributed by atoms with E-state index in [4.69, 9.17) is 34.8 Å². The third kappa shape index (κ3) is 5.01. The summed E-state index contributed by atoms with van der Waals surface area (Å²) in [4.78, 5) is 14.5. The lowest BCUT2D eigenvalue weighted by Gasteiger charge is -2.11. The molecule has 6 nitrogen and oxygen atoms in total. The van der Waals surface area contributed by atoms with Crippen molar-refractivity contribution in [3.8, 4) is 51.0 Å². The van der Waals surface area contributed by atoms with Crippen molar-refractivity contribution in [3.05, 3.63) is 182 Å². The fraction of sp³-hybridized carbons (Fsp3) is 0. The van der Waals surface area contributed by atoms with Crippen molar-refractivity contribution in [3.63, 3.8) is 0 Å². The molecule has 0 saturated heterocycles. The lowest BCUT2D eigenvalue weighted by Crippen LogP contribution is -2.06. The van der Waals surface area contributed by atoms with Crippen molar-refractivity contribution >= 4 is 65.7 Å². The Balaban J connectivity index is 1.21. The maximum atomic E-state index is 9.84. The standard InChI is InChI=1S/C51H30N4O2/c1-3-12-31(13-4-1)32-22-24-34(25-23-32)49-52-50(35-26-27-39-46(28-35)57-45-21-11-18-36(48(39)45)33-14-5-2-6-15-33)54-51(53-49)55-42-19-9-7-16-37(42)40-30-47-41(29-43(40)55)38-17-8-10-20-44(38)56-47/h1-30H/i7D,8D,9D,10D,16D,17D,19D,20D,22D,23D,24D,25D,29D. The number of para-hydroxylation sites is 2. The molecule has 6 heteroatoms. The van der Waals surface area contributed by atoms with Crippen molar-refractivity contribution in [2.75, 3.05) is 0 Å². The van der Waals surface area contributed by atoms with E-state index in [0.717, 1.165) is 21.9 Å². The summed E-state index contributed by atoms with van der Waals surface area (Å²) in [7, 11) is 0. The van der Waals surface area contributed by atoms with Crippen LogP contribution >= 0.6 is 0 Å². The zero-order valence-electron chi connectivity index (χ0n) is 42.4. The van der Waals surface area contributed by atoms with Gasteiger partial charge in [0.25, 0.3) is 0 Å². The van der Waals surface area contributed by atoms with Gasteiger partial charge in [0.05, 0.1) is 28.9 Å². The Kier molecular flexibility index (Phi) is 4.62. The Morgan fingerprint density at radius 1 is 0.421 bits per heavy atom. The quantitative estimate of drug-likeness (QED) is 0.176. The van der Waals surface area contributed by atoms with Gasteiger partial charge in [0.2, 0.25) is 5.95 Å². The van der Waals surface area contributed by atoms with E-state index >= 15 is 0 Å². The molecular formula is C51H30N4O2. The molecule has 0 spiro atoms. The third-order valence-electron chi connectivity index (χ3n) is 10.1. The van der Waals surface area contributed by atoms with E-state index in [1.165, 1.54) is 10.6 Å². The maximum absolute atomic E-state index is 9.84. The number of rotatable bonds is 5. The molecule has 0 bridgehead atoms. The second kappa shape index (κ2) is 12.3. The Morgan fingerprint density at radius 3 is 1.93 bits per heavy atom. The number of benzene rings is 8. The molecular weight excluding hydrogens is 701 g/mol. The van der Waals surface area contributed by atoms with E-state index in [1.54, 1.807) is 42.5 Å². The first-order valence-corrected chi connectivity index (χ1v) is 18.0. The third-order valence-corrected chi connectivity index (χ3v) is 10.1. The van der Waals surface area contributed by atoms with E-state index in [-0.39, 0.29) is 90.6 Å². The van der Waals surface area contributed by atoms with Crippen molar-refractivity contribution in [2.24, 2.45) is 0 Å². The van der Waals surface area contributed by atoms with Crippen LogP contribution in [-0.4, -0.2) is 19.5 Å². The molecule has 4 heterocycles. The Morgan fingerprint density at radius 2 is 1.11 bits per heavy atom. The minimum Gasteiger partial charge on any atom is -0.456 e. The molecule has 266 valence electrons. The van der Waals surface area contributed by atoms with Gasteiger partial charge >= 0.3 is 0 Å². The number of hydrogen-bond donors (Lipinski definition) is 0. The van der Waals surface area contributed by atoms with Gasteiger partial charge in [0.1, 0.15) is 22.3 Å². The van der Waals surface area contributed by atoms with Crippen LogP contribution in [0.2, 0.25) is 0 Å². The van der Waals surface area contributed by atoms with Gasteiger partial charge in [-0.15, -0.1) is 0 Å². The van der Waals surface area contributed by atoms with E-state index in [9.17, 15) is 6.85 Å². The van der Waals surface area contributed by atoms with Crippen LogP contribution in [0.15, 0.2) is 191 Å². The molecule has 4 aromatic heterocycles. The minimum absolute atomic E-state index is 0.0374. The summed E-state index contributed by atoms with van der Waals surface area (Å²) < 4.78 is 131. The summed E-state index contributed by atoms with van der Waals surface area (Å²) in [6, 6.07) is 24.5. The smallest absolute Gasteiger partial charge is 0.238 e. The summed E-state index contributed by atoms with van der Waals surface area (Å²) in [5, 5.41) is 1.51. The molecule has 0 amide bonds. The first kappa shape index (κ1) is 21.3. The second-order valence-corrected chi connectivity index (χ2v) is 13.4. The van der Waals surface area contributed by atoms with Crippen LogP contribution < -0.4 is 0 Å². The van der Waals surface area contributed by atoms with Gasteiger partial charge in [0, 0.05) is 43.4 Å². The van der Waals surface area contributed by atoms with Crippen molar-refractivity contribution in [1.82, 2.24) is 19.5 Å². The van der Waals surface area contributed by atoms with Gasteiger partial charge < -0.3 is 8.83 Å². The zero-order chi connectivity index (χ0) is 48.8. The highest BCUT2D eigenvalue weighted by atomic mass is 16.3. The van der Waals surface area contributed by atoms with Crippen LogP contribution in [0.3, 0.4) is 0 Å². The summed E-state index contributed by atoms with van der Waals surface area (Å²) in [6.45, 7) is 0. The molecule has 57 heavy (non-hydrogen) atoms. The van der Waals surface area contributed by atoms with Crippen LogP contribution in [0, 0.1) is 0 Å². The Hall–Kier alpha value is -7.83. The molecule has 12 aromatic rings. The minimum atomic E-state index is -0.618. The molecule has 0 atom stereocenters. The maximum Gasteiger partial charge on any atom is 0.238 e. The van der Waals surface area contributed by atoms with Crippen LogP contribution in [0.4, 0.5) is 0 Å². The number of nitrogens with zero attached hydrogens (tertiary/aromatic N) is 4. The topological polar surface area (TPSA) is 69.9 Å². The van der Waals surface area contributed by atoms with Gasteiger partial charge in [-0.2, -0.15) is 9.97 Å². The largest absolute Gasteiger partial charge is 0.456 e. The lowest BCUT2D eigenvalue weighted by molar-refractivity contribution is 0.669. The predicted molar refractivity (Wildman–Crippen MR) is 230 cm³/mol. The molecule has 0 radical (unpaired) electrons. The molecule has 0 aliphatic rings. The van der Waals surface area contributed by atoms with Crippen molar-refractivity contribution in [1.29, 1.82) is 0 Å². The van der Waals surface area contributed by atoms with Gasteiger partial charge in [-0.1, -0.05) is 139 Å². The first-order chi connectivity index (χ1) is 33.7. The second-order valence-electron chi connectivity index (χ2n) is 13.4. The van der Waals surface area contributed by atoms with Crippen LogP contribution in [0.1, 0.15) is 17.8 Å². The summed E-state index contributed by atoms with van der Waals surface area (Å²) >= 11 is 0. The molecule has 0 unspecified atom stereocenters. The zero-order valence-corrected chi connectivity index (χ0v) is 29.4. The Labute approximate surface area is 344 Å². The number of fused-ring (bicyclic) bond motifs is 9. The number of furan rings is 2. The van der Waals surface area contributed by atoms with Crippen molar-refractivity contribution in [2.45, 2.75) is 0 Å². The fourth-order valence-corrected chi connectivity index (χ4v) is 7.50. The average Bonchev–Trinajstić information content (AvgIpc) is 4.07. The number of hydrogen-bond acceptors (Lipinski definition) is 5. The molecule has 0 aliphatic heterocycles. The normalized spacial score (nSPS) is 15.1. The highest BCUT2D eigenvalue weighted by Gasteiger charge is 2.21. The van der Waals surface area contributed by atoms with E-state index in [0.29, 0.717) is 22.3 Å². The number of aromatic nitrogens is 4. The molecule has 0 N–H and O–H groups in total. The SMILES string of the molecule is [2H]c1c([2H])c(-c2nc(-c3ccc4c(c3)oc3cccc(-c5ccccc5)c34)nc(-n3c4c([2H])c5c(cc4c4c([2H])c([2H])c([2H])c([2H])c43)oc3c([2H])c([2H])c([2H])c([2H])c35)n2)c([2H])c([2H])c1-c1ccccc1. The van der Waals surface area contributed by atoms with E-state index < -0.39 is 60.4 Å². The van der Waals surface area contributed by atoms with Crippen LogP contribution in [-0.2, 0) is 0 Å². The lowest BCUT2D eigenvalue weighted by atomic mass is 9.99. The van der Waals surface area contributed by atoms with Crippen LogP contribution in [0.5, 0.6) is 0 Å². The van der Waals surface area contributed by atoms with Crippen LogP contribution in [0.25, 0.3) is 117 Å². The highest BCUT2D eigenvalue weighted by molar-refractivity contribution is 6.17. The van der Waals surface area contributed by atoms with E-state index in [2.05, 4.69) is 0 Å². The molecule has 0 aliphatic carbocycles. The fourth-order valence-electron chi connectivity index (χ4n) is 7.50. The molecule has 12 rings (SSSR count). The monoisotopic (exact) mass is 743 g/mol. The predicted octanol–water partition coefficient (Wildman–Crippen LogP) is 13.4. The first-order valence-electron chi connectivity index (χ1n) is 24.5. The van der Waals surface area contributed by atoms with Crippen molar-refractivity contribution < 1.29 is 26.7 Å². The Bertz CT molecular complexity index is 4260. The van der Waals surface area contributed by atoms with Gasteiger partial charge in [0.15, 0.2) is 11.6 Å². The van der Waals surface area contributed by atoms with Gasteiger partial charge in [-0.05, 0) is 64.6 Å². The summed E-state index contributed by atoms with van der Waals surface area (Å²) in [5.74, 6) is -0.743. The summed E-state index contributed by atoms with van der Waals surface area (Å²) in [5.41, 5.74) is 3.00. The average molecular weight is 744 g/mol. The highest BCUT2D eigenvalue weighted by Crippen LogP contribution is 2.40. The van der Waals surface area contributed by atoms with Gasteiger partial charge in [-0.3, -0.25) is 4.57 Å². The summed E-state index contributed by atoms with van der Waals surface area (Å²) in [6.07, 6.45) is 0. The molecule has 0 saturated carbocycles. The molecule has 0 fully saturated rings. The molecule has 8 aromatic carbocycles. The van der Waals surface area contributed by atoms with E-state index in [1.807, 2.05) is 54.6 Å².